The van der Waals surface area contributed by atoms with E-state index in [0.29, 0.717) is 5.56 Å². The highest BCUT2D eigenvalue weighted by atomic mass is 32.2. The monoisotopic (exact) mass is 273 g/mol. The lowest BCUT2D eigenvalue weighted by molar-refractivity contribution is 0.0911. The van der Waals surface area contributed by atoms with E-state index in [2.05, 4.69) is 4.72 Å². The second-order valence-electron chi connectivity index (χ2n) is 4.23. The summed E-state index contributed by atoms with van der Waals surface area (Å²) in [5, 5.41) is 9.25. The molecule has 102 valence electrons. The van der Waals surface area contributed by atoms with Crippen molar-refractivity contribution < 1.29 is 18.3 Å². The van der Waals surface area contributed by atoms with Crippen molar-refractivity contribution in [1.82, 2.24) is 4.72 Å². The summed E-state index contributed by atoms with van der Waals surface area (Å²) in [4.78, 5) is 0. The predicted molar refractivity (Wildman–Crippen MR) is 69.8 cm³/mol. The molecule has 0 aromatic heterocycles. The summed E-state index contributed by atoms with van der Waals surface area (Å²) in [6.45, 7) is 4.05. The molecule has 0 spiro atoms. The Morgan fingerprint density at radius 1 is 1.39 bits per heavy atom. The van der Waals surface area contributed by atoms with E-state index in [1.165, 1.54) is 12.1 Å². The van der Waals surface area contributed by atoms with Crippen molar-refractivity contribution in [1.29, 1.82) is 0 Å². The molecule has 0 atom stereocenters. The fourth-order valence-corrected chi connectivity index (χ4v) is 2.17. The first kappa shape index (κ1) is 14.9. The molecule has 6 heteroatoms. The van der Waals surface area contributed by atoms with Gasteiger partial charge in [-0.15, -0.1) is 0 Å². The Morgan fingerprint density at radius 2 is 2.11 bits per heavy atom. The molecule has 0 saturated carbocycles. The van der Waals surface area contributed by atoms with E-state index >= 15 is 0 Å². The number of ether oxygens (including phenoxy) is 1. The zero-order valence-electron chi connectivity index (χ0n) is 10.6. The third-order valence-corrected chi connectivity index (χ3v) is 3.50. The van der Waals surface area contributed by atoms with Crippen LogP contribution in [0.4, 0.5) is 0 Å². The van der Waals surface area contributed by atoms with Crippen molar-refractivity contribution in [3.05, 3.63) is 29.8 Å². The Morgan fingerprint density at radius 3 is 2.72 bits per heavy atom. The highest BCUT2D eigenvalue weighted by molar-refractivity contribution is 7.89. The van der Waals surface area contributed by atoms with Gasteiger partial charge < -0.3 is 9.84 Å². The van der Waals surface area contributed by atoms with Crippen LogP contribution < -0.4 is 4.72 Å². The summed E-state index contributed by atoms with van der Waals surface area (Å²) < 4.78 is 30.9. The number of phenols is 1. The summed E-state index contributed by atoms with van der Waals surface area (Å²) in [5.74, 6) is 0.0547. The number of hydrogen-bond acceptors (Lipinski definition) is 4. The van der Waals surface area contributed by atoms with Crippen LogP contribution in [0.3, 0.4) is 0 Å². The molecule has 0 fully saturated rings. The Hall–Kier alpha value is -1.11. The van der Waals surface area contributed by atoms with Crippen LogP contribution in [0, 0.1) is 0 Å². The Kier molecular flexibility index (Phi) is 5.58. The molecule has 1 aromatic rings. The zero-order chi connectivity index (χ0) is 13.6. The maximum Gasteiger partial charge on any atom is 0.214 e. The molecule has 0 aliphatic rings. The molecule has 0 saturated heterocycles. The molecule has 0 amide bonds. The minimum absolute atomic E-state index is 0.0197. The Balaban J connectivity index is 2.42. The lowest BCUT2D eigenvalue weighted by Gasteiger charge is -2.09. The van der Waals surface area contributed by atoms with Gasteiger partial charge in [0.25, 0.3) is 0 Å². The van der Waals surface area contributed by atoms with Gasteiger partial charge >= 0.3 is 0 Å². The van der Waals surface area contributed by atoms with Gasteiger partial charge in [-0.1, -0.05) is 12.1 Å². The third-order valence-electron chi connectivity index (χ3n) is 2.21. The molecule has 0 aliphatic carbocycles. The number of aromatic hydroxyl groups is 1. The first-order chi connectivity index (χ1) is 8.39. The van der Waals surface area contributed by atoms with Crippen LogP contribution in [0.1, 0.15) is 19.4 Å². The molecule has 18 heavy (non-hydrogen) atoms. The summed E-state index contributed by atoms with van der Waals surface area (Å²) in [6.07, 6.45) is 0.0197. The van der Waals surface area contributed by atoms with Crippen LogP contribution >= 0.6 is 0 Å². The van der Waals surface area contributed by atoms with Crippen LogP contribution in [-0.4, -0.2) is 32.0 Å². The fourth-order valence-electron chi connectivity index (χ4n) is 1.33. The topological polar surface area (TPSA) is 75.6 Å². The Bertz CT molecular complexity index is 471. The van der Waals surface area contributed by atoms with E-state index < -0.39 is 10.0 Å². The first-order valence-corrected chi connectivity index (χ1v) is 7.41. The normalized spacial score (nSPS) is 11.9. The summed E-state index contributed by atoms with van der Waals surface area (Å²) in [7, 11) is -3.34. The molecular formula is C12H19NO4S. The molecule has 5 nitrogen and oxygen atoms in total. The number of benzene rings is 1. The van der Waals surface area contributed by atoms with E-state index in [1.807, 2.05) is 13.8 Å². The second kappa shape index (κ2) is 6.72. The molecule has 0 radical (unpaired) electrons. The van der Waals surface area contributed by atoms with Crippen molar-refractivity contribution >= 4 is 10.0 Å². The van der Waals surface area contributed by atoms with Crippen molar-refractivity contribution in [2.45, 2.75) is 26.5 Å². The molecule has 2 N–H and O–H groups in total. The van der Waals surface area contributed by atoms with Crippen LogP contribution in [0.15, 0.2) is 24.3 Å². The van der Waals surface area contributed by atoms with E-state index in [1.54, 1.807) is 12.1 Å². The maximum atomic E-state index is 11.6. The highest BCUT2D eigenvalue weighted by Crippen LogP contribution is 2.10. The quantitative estimate of drug-likeness (QED) is 0.783. The fraction of sp³-hybridized carbons (Fsp3) is 0.500. The van der Waals surface area contributed by atoms with Gasteiger partial charge in [0.1, 0.15) is 5.75 Å². The molecule has 0 unspecified atom stereocenters. The first-order valence-electron chi connectivity index (χ1n) is 5.76. The Labute approximate surface area is 108 Å². The molecule has 0 bridgehead atoms. The average Bonchev–Trinajstić information content (AvgIpc) is 2.26. The van der Waals surface area contributed by atoms with Gasteiger partial charge in [-0.05, 0) is 31.5 Å². The number of hydrogen-bond donors (Lipinski definition) is 2. The minimum Gasteiger partial charge on any atom is -0.508 e. The van der Waals surface area contributed by atoms with E-state index in [4.69, 9.17) is 4.74 Å². The van der Waals surface area contributed by atoms with Crippen molar-refractivity contribution in [2.24, 2.45) is 0 Å². The molecule has 1 rings (SSSR count). The van der Waals surface area contributed by atoms with Crippen molar-refractivity contribution in [3.63, 3.8) is 0 Å². The highest BCUT2D eigenvalue weighted by Gasteiger charge is 2.10. The largest absolute Gasteiger partial charge is 0.508 e. The second-order valence-corrected chi connectivity index (χ2v) is 6.16. The summed E-state index contributed by atoms with van der Waals surface area (Å²) in [5.41, 5.74) is 0.711. The molecular weight excluding hydrogens is 254 g/mol. The predicted octanol–water partition coefficient (Wildman–Crippen LogP) is 1.24. The summed E-state index contributed by atoms with van der Waals surface area (Å²) in [6, 6.07) is 6.47. The van der Waals surface area contributed by atoms with Gasteiger partial charge in [0.05, 0.1) is 18.5 Å². The summed E-state index contributed by atoms with van der Waals surface area (Å²) >= 11 is 0. The van der Waals surface area contributed by atoms with Gasteiger partial charge in [-0.25, -0.2) is 13.1 Å². The lowest BCUT2D eigenvalue weighted by atomic mass is 10.2. The van der Waals surface area contributed by atoms with Crippen LogP contribution in [-0.2, 0) is 21.3 Å². The molecule has 0 aliphatic heterocycles. The number of rotatable bonds is 7. The number of sulfonamides is 1. The van der Waals surface area contributed by atoms with Crippen molar-refractivity contribution in [2.75, 3.05) is 12.4 Å². The van der Waals surface area contributed by atoms with Crippen LogP contribution in [0.25, 0.3) is 0 Å². The van der Waals surface area contributed by atoms with Gasteiger partial charge in [-0.3, -0.25) is 0 Å². The number of phenolic OH excluding ortho intramolecular Hbond substituents is 1. The van der Waals surface area contributed by atoms with E-state index in [-0.39, 0.29) is 30.8 Å². The number of nitrogens with one attached hydrogen (secondary N) is 1. The third kappa shape index (κ3) is 6.00. The smallest absolute Gasteiger partial charge is 0.214 e. The lowest BCUT2D eigenvalue weighted by Crippen LogP contribution is -2.28. The average molecular weight is 273 g/mol. The van der Waals surface area contributed by atoms with Gasteiger partial charge in [0.15, 0.2) is 0 Å². The van der Waals surface area contributed by atoms with Gasteiger partial charge in [-0.2, -0.15) is 0 Å². The SMILES string of the molecule is CC(C)OCCS(=O)(=O)NCc1cccc(O)c1. The van der Waals surface area contributed by atoms with Crippen LogP contribution in [0.5, 0.6) is 5.75 Å². The van der Waals surface area contributed by atoms with E-state index in [9.17, 15) is 13.5 Å². The van der Waals surface area contributed by atoms with Gasteiger partial charge in [0.2, 0.25) is 10.0 Å². The zero-order valence-corrected chi connectivity index (χ0v) is 11.4. The van der Waals surface area contributed by atoms with Gasteiger partial charge in [0, 0.05) is 6.54 Å². The molecule has 0 heterocycles. The van der Waals surface area contributed by atoms with E-state index in [0.717, 1.165) is 0 Å². The standard InChI is InChI=1S/C12H19NO4S/c1-10(2)17-6-7-18(15,16)13-9-11-4-3-5-12(14)8-11/h3-5,8,10,13-14H,6-7,9H2,1-2H3. The molecule has 1 aromatic carbocycles. The van der Waals surface area contributed by atoms with Crippen LogP contribution in [0.2, 0.25) is 0 Å². The van der Waals surface area contributed by atoms with Crippen molar-refractivity contribution in [3.8, 4) is 5.75 Å². The minimum atomic E-state index is -3.34. The maximum absolute atomic E-state index is 11.6.